The number of ketones is 1. The highest BCUT2D eigenvalue weighted by molar-refractivity contribution is 6.35. The van der Waals surface area contributed by atoms with Crippen molar-refractivity contribution in [3.63, 3.8) is 0 Å². The molecule has 3 heteroatoms. The third-order valence-corrected chi connectivity index (χ3v) is 3.20. The number of carbonyl (C=O) groups excluding carboxylic acids is 1. The molecular formula is C15H14ClNO. The molecule has 0 amide bonds. The molecule has 0 saturated carbocycles. The second kappa shape index (κ2) is 4.83. The summed E-state index contributed by atoms with van der Waals surface area (Å²) >= 11 is 6.06. The summed E-state index contributed by atoms with van der Waals surface area (Å²) in [5.41, 5.74) is 9.33. The molecule has 0 aromatic heterocycles. The average molecular weight is 260 g/mol. The van der Waals surface area contributed by atoms with E-state index in [1.807, 2.05) is 32.0 Å². The normalized spacial score (nSPS) is 10.4. The van der Waals surface area contributed by atoms with Crippen LogP contribution in [0, 0.1) is 13.8 Å². The Kier molecular flexibility index (Phi) is 3.39. The second-order valence-electron chi connectivity index (χ2n) is 4.39. The summed E-state index contributed by atoms with van der Waals surface area (Å²) in [5, 5.41) is 0.426. The maximum atomic E-state index is 12.5. The molecule has 0 atom stereocenters. The van der Waals surface area contributed by atoms with Crippen molar-refractivity contribution in [2.45, 2.75) is 13.8 Å². The van der Waals surface area contributed by atoms with E-state index in [1.165, 1.54) is 0 Å². The van der Waals surface area contributed by atoms with Crippen LogP contribution in [0.25, 0.3) is 0 Å². The molecule has 2 rings (SSSR count). The van der Waals surface area contributed by atoms with Gasteiger partial charge in [0.15, 0.2) is 5.78 Å². The van der Waals surface area contributed by atoms with E-state index in [0.717, 1.165) is 11.1 Å². The zero-order valence-corrected chi connectivity index (χ0v) is 11.1. The average Bonchev–Trinajstić information content (AvgIpc) is 2.34. The summed E-state index contributed by atoms with van der Waals surface area (Å²) in [6.45, 7) is 3.87. The number of halogens is 1. The lowest BCUT2D eigenvalue weighted by Gasteiger charge is -2.08. The van der Waals surface area contributed by atoms with E-state index >= 15 is 0 Å². The summed E-state index contributed by atoms with van der Waals surface area (Å²) in [4.78, 5) is 12.5. The quantitative estimate of drug-likeness (QED) is 0.659. The van der Waals surface area contributed by atoms with Gasteiger partial charge in [-0.3, -0.25) is 4.79 Å². The van der Waals surface area contributed by atoms with Gasteiger partial charge in [0, 0.05) is 16.8 Å². The van der Waals surface area contributed by atoms with Crippen LogP contribution in [0.1, 0.15) is 27.0 Å². The standard InChI is InChI=1S/C15H14ClNO/c1-9-3-4-10(2)12(7-9)15(18)13-8-11(17)5-6-14(13)16/h3-8H,17H2,1-2H3. The van der Waals surface area contributed by atoms with Gasteiger partial charge in [0.25, 0.3) is 0 Å². The van der Waals surface area contributed by atoms with Crippen molar-refractivity contribution in [3.8, 4) is 0 Å². The lowest BCUT2D eigenvalue weighted by Crippen LogP contribution is -2.05. The van der Waals surface area contributed by atoms with Crippen molar-refractivity contribution < 1.29 is 4.79 Å². The van der Waals surface area contributed by atoms with Crippen molar-refractivity contribution in [2.75, 3.05) is 5.73 Å². The fraction of sp³-hybridized carbons (Fsp3) is 0.133. The Balaban J connectivity index is 2.54. The molecule has 2 aromatic rings. The Morgan fingerprint density at radius 3 is 2.50 bits per heavy atom. The summed E-state index contributed by atoms with van der Waals surface area (Å²) in [6, 6.07) is 10.7. The van der Waals surface area contributed by atoms with Gasteiger partial charge in [-0.25, -0.2) is 0 Å². The highest BCUT2D eigenvalue weighted by Crippen LogP contribution is 2.23. The van der Waals surface area contributed by atoms with Crippen molar-refractivity contribution in [3.05, 3.63) is 63.7 Å². The van der Waals surface area contributed by atoms with Gasteiger partial charge in [0.2, 0.25) is 0 Å². The van der Waals surface area contributed by atoms with Crippen molar-refractivity contribution in [2.24, 2.45) is 0 Å². The largest absolute Gasteiger partial charge is 0.399 e. The van der Waals surface area contributed by atoms with Gasteiger partial charge < -0.3 is 5.73 Å². The summed E-state index contributed by atoms with van der Waals surface area (Å²) in [5.74, 6) is -0.0894. The molecule has 2 N–H and O–H groups in total. The first-order chi connectivity index (χ1) is 8.49. The smallest absolute Gasteiger partial charge is 0.194 e. The van der Waals surface area contributed by atoms with Crippen LogP contribution in [0.3, 0.4) is 0 Å². The van der Waals surface area contributed by atoms with Crippen LogP contribution in [-0.2, 0) is 0 Å². The zero-order valence-electron chi connectivity index (χ0n) is 10.3. The minimum absolute atomic E-state index is 0.0894. The molecule has 0 spiro atoms. The van der Waals surface area contributed by atoms with Crippen LogP contribution in [0.4, 0.5) is 5.69 Å². The van der Waals surface area contributed by atoms with Gasteiger partial charge in [-0.05, 0) is 43.7 Å². The van der Waals surface area contributed by atoms with E-state index in [-0.39, 0.29) is 5.78 Å². The Hall–Kier alpha value is -1.80. The molecule has 0 aliphatic carbocycles. The molecule has 2 aromatic carbocycles. The summed E-state index contributed by atoms with van der Waals surface area (Å²) in [7, 11) is 0. The van der Waals surface area contributed by atoms with Crippen LogP contribution in [0.15, 0.2) is 36.4 Å². The number of rotatable bonds is 2. The molecule has 92 valence electrons. The van der Waals surface area contributed by atoms with E-state index in [0.29, 0.717) is 21.8 Å². The summed E-state index contributed by atoms with van der Waals surface area (Å²) < 4.78 is 0. The van der Waals surface area contributed by atoms with Gasteiger partial charge in [-0.2, -0.15) is 0 Å². The molecule has 0 saturated heterocycles. The molecule has 0 heterocycles. The zero-order chi connectivity index (χ0) is 13.3. The third-order valence-electron chi connectivity index (χ3n) is 2.87. The molecular weight excluding hydrogens is 246 g/mol. The van der Waals surface area contributed by atoms with Crippen molar-refractivity contribution in [1.82, 2.24) is 0 Å². The van der Waals surface area contributed by atoms with Crippen LogP contribution < -0.4 is 5.73 Å². The Labute approximate surface area is 111 Å². The second-order valence-corrected chi connectivity index (χ2v) is 4.79. The number of anilines is 1. The van der Waals surface area contributed by atoms with Crippen LogP contribution in [-0.4, -0.2) is 5.78 Å². The minimum Gasteiger partial charge on any atom is -0.399 e. The predicted octanol–water partition coefficient (Wildman–Crippen LogP) is 3.77. The SMILES string of the molecule is Cc1ccc(C)c(C(=O)c2cc(N)ccc2Cl)c1. The van der Waals surface area contributed by atoms with E-state index in [4.69, 9.17) is 17.3 Å². The lowest BCUT2D eigenvalue weighted by atomic mass is 9.97. The van der Waals surface area contributed by atoms with E-state index in [1.54, 1.807) is 18.2 Å². The fourth-order valence-electron chi connectivity index (χ4n) is 1.84. The first kappa shape index (κ1) is 12.7. The van der Waals surface area contributed by atoms with Crippen LogP contribution in [0.2, 0.25) is 5.02 Å². The summed E-state index contributed by atoms with van der Waals surface area (Å²) in [6.07, 6.45) is 0. The van der Waals surface area contributed by atoms with E-state index in [9.17, 15) is 4.79 Å². The highest BCUT2D eigenvalue weighted by atomic mass is 35.5. The topological polar surface area (TPSA) is 43.1 Å². The number of nitrogen functional groups attached to an aromatic ring is 1. The Bertz CT molecular complexity index is 566. The monoisotopic (exact) mass is 259 g/mol. The highest BCUT2D eigenvalue weighted by Gasteiger charge is 2.15. The molecule has 0 fully saturated rings. The molecule has 18 heavy (non-hydrogen) atoms. The number of hydrogen-bond acceptors (Lipinski definition) is 2. The molecule has 0 aliphatic heterocycles. The fourth-order valence-corrected chi connectivity index (χ4v) is 2.05. The maximum Gasteiger partial charge on any atom is 0.194 e. The molecule has 0 unspecified atom stereocenters. The number of benzene rings is 2. The molecule has 0 bridgehead atoms. The lowest BCUT2D eigenvalue weighted by molar-refractivity contribution is 0.103. The Morgan fingerprint density at radius 1 is 1.06 bits per heavy atom. The van der Waals surface area contributed by atoms with Crippen LogP contribution in [0.5, 0.6) is 0 Å². The van der Waals surface area contributed by atoms with Gasteiger partial charge in [0.1, 0.15) is 0 Å². The van der Waals surface area contributed by atoms with Gasteiger partial charge in [0.05, 0.1) is 5.02 Å². The first-order valence-electron chi connectivity index (χ1n) is 5.66. The molecule has 0 aliphatic rings. The number of carbonyl (C=O) groups is 1. The Morgan fingerprint density at radius 2 is 1.78 bits per heavy atom. The molecule has 2 nitrogen and oxygen atoms in total. The van der Waals surface area contributed by atoms with Crippen molar-refractivity contribution >= 4 is 23.1 Å². The minimum atomic E-state index is -0.0894. The van der Waals surface area contributed by atoms with Gasteiger partial charge >= 0.3 is 0 Å². The number of hydrogen-bond donors (Lipinski definition) is 1. The van der Waals surface area contributed by atoms with E-state index in [2.05, 4.69) is 0 Å². The van der Waals surface area contributed by atoms with Gasteiger partial charge in [-0.15, -0.1) is 0 Å². The first-order valence-corrected chi connectivity index (χ1v) is 6.04. The third kappa shape index (κ3) is 2.39. The maximum absolute atomic E-state index is 12.5. The van der Waals surface area contributed by atoms with Gasteiger partial charge in [-0.1, -0.05) is 29.3 Å². The van der Waals surface area contributed by atoms with E-state index < -0.39 is 0 Å². The van der Waals surface area contributed by atoms with Crippen LogP contribution >= 0.6 is 11.6 Å². The van der Waals surface area contributed by atoms with Crippen molar-refractivity contribution in [1.29, 1.82) is 0 Å². The predicted molar refractivity (Wildman–Crippen MR) is 75.2 cm³/mol. The number of nitrogens with two attached hydrogens (primary N) is 1. The molecule has 0 radical (unpaired) electrons. The number of aryl methyl sites for hydroxylation is 2.